The molecular formula is C14H26N2O. The van der Waals surface area contributed by atoms with E-state index in [1.54, 1.807) is 0 Å². The van der Waals surface area contributed by atoms with Crippen molar-refractivity contribution in [2.75, 3.05) is 6.54 Å². The third-order valence-corrected chi connectivity index (χ3v) is 5.03. The minimum atomic E-state index is 0.0437. The monoisotopic (exact) mass is 238 g/mol. The zero-order valence-electron chi connectivity index (χ0n) is 12.0. The summed E-state index contributed by atoms with van der Waals surface area (Å²) in [6.07, 6.45) is 0.958. The second kappa shape index (κ2) is 3.71. The Labute approximate surface area is 105 Å². The molecule has 0 bridgehead atoms. The SMILES string of the molecule is CC(C)NC1CCN(C2C(C)(C)C2(C)C)C1=O. The third kappa shape index (κ3) is 1.79. The average Bonchev–Trinajstić information content (AvgIpc) is 2.46. The zero-order chi connectivity index (χ0) is 13.0. The molecule has 98 valence electrons. The summed E-state index contributed by atoms with van der Waals surface area (Å²) in [5.41, 5.74) is 0.519. The van der Waals surface area contributed by atoms with Gasteiger partial charge in [0.15, 0.2) is 0 Å². The summed E-state index contributed by atoms with van der Waals surface area (Å²) in [6.45, 7) is 14.2. The van der Waals surface area contributed by atoms with Crippen LogP contribution in [0.3, 0.4) is 0 Å². The van der Waals surface area contributed by atoms with Crippen molar-refractivity contribution in [2.45, 2.75) is 66.1 Å². The lowest BCUT2D eigenvalue weighted by Gasteiger charge is -2.20. The molecule has 3 heteroatoms. The Kier molecular flexibility index (Phi) is 2.81. The third-order valence-electron chi connectivity index (χ3n) is 5.03. The van der Waals surface area contributed by atoms with Crippen LogP contribution in [0.4, 0.5) is 0 Å². The van der Waals surface area contributed by atoms with Crippen LogP contribution in [0.15, 0.2) is 0 Å². The number of rotatable bonds is 3. The molecule has 1 atom stereocenters. The Morgan fingerprint density at radius 2 is 1.76 bits per heavy atom. The summed E-state index contributed by atoms with van der Waals surface area (Å²) in [5, 5.41) is 3.37. The van der Waals surface area contributed by atoms with E-state index in [0.29, 0.717) is 18.0 Å². The Hall–Kier alpha value is -0.570. The molecule has 1 heterocycles. The number of amides is 1. The summed E-state index contributed by atoms with van der Waals surface area (Å²) in [4.78, 5) is 14.5. The lowest BCUT2D eigenvalue weighted by molar-refractivity contribution is -0.130. The normalized spacial score (nSPS) is 31.4. The Balaban J connectivity index is 2.05. The van der Waals surface area contributed by atoms with Gasteiger partial charge in [0, 0.05) is 18.6 Å². The molecule has 1 aliphatic carbocycles. The molecule has 2 aliphatic rings. The van der Waals surface area contributed by atoms with Crippen LogP contribution in [-0.4, -0.2) is 35.5 Å². The number of hydrogen-bond acceptors (Lipinski definition) is 2. The molecule has 1 N–H and O–H groups in total. The second-order valence-electron chi connectivity index (χ2n) is 7.04. The van der Waals surface area contributed by atoms with Crippen molar-refractivity contribution in [1.29, 1.82) is 0 Å². The molecule has 0 aromatic rings. The lowest BCUT2D eigenvalue weighted by Crippen LogP contribution is -2.43. The van der Waals surface area contributed by atoms with Crippen LogP contribution in [0.1, 0.15) is 48.0 Å². The molecule has 0 aromatic carbocycles. The van der Waals surface area contributed by atoms with Gasteiger partial charge in [0.2, 0.25) is 5.91 Å². The first-order valence-electron chi connectivity index (χ1n) is 6.76. The summed E-state index contributed by atoms with van der Waals surface area (Å²) in [5.74, 6) is 0.308. The summed E-state index contributed by atoms with van der Waals surface area (Å²) in [7, 11) is 0. The quantitative estimate of drug-likeness (QED) is 0.816. The maximum absolute atomic E-state index is 12.4. The highest BCUT2D eigenvalue weighted by Crippen LogP contribution is 2.65. The number of likely N-dealkylation sites (tertiary alicyclic amines) is 1. The van der Waals surface area contributed by atoms with Crippen molar-refractivity contribution in [1.82, 2.24) is 10.2 Å². The molecule has 0 spiro atoms. The minimum absolute atomic E-state index is 0.0437. The highest BCUT2D eigenvalue weighted by Gasteiger charge is 2.68. The number of carbonyl (C=O) groups is 1. The lowest BCUT2D eigenvalue weighted by atomic mass is 10.0. The van der Waals surface area contributed by atoms with E-state index in [1.807, 2.05) is 0 Å². The smallest absolute Gasteiger partial charge is 0.240 e. The van der Waals surface area contributed by atoms with Gasteiger partial charge in [-0.05, 0) is 17.3 Å². The molecule has 1 saturated carbocycles. The van der Waals surface area contributed by atoms with Gasteiger partial charge in [0.25, 0.3) is 0 Å². The van der Waals surface area contributed by atoms with Crippen LogP contribution in [0, 0.1) is 10.8 Å². The van der Waals surface area contributed by atoms with Gasteiger partial charge in [-0.3, -0.25) is 4.79 Å². The highest BCUT2D eigenvalue weighted by molar-refractivity contribution is 5.85. The van der Waals surface area contributed by atoms with E-state index in [1.165, 1.54) is 0 Å². The van der Waals surface area contributed by atoms with E-state index in [-0.39, 0.29) is 16.9 Å². The van der Waals surface area contributed by atoms with Crippen molar-refractivity contribution in [3.63, 3.8) is 0 Å². The van der Waals surface area contributed by atoms with Crippen LogP contribution in [0.2, 0.25) is 0 Å². The molecule has 2 fully saturated rings. The molecule has 3 nitrogen and oxygen atoms in total. The van der Waals surface area contributed by atoms with E-state index in [0.717, 1.165) is 13.0 Å². The van der Waals surface area contributed by atoms with E-state index < -0.39 is 0 Å². The van der Waals surface area contributed by atoms with Crippen molar-refractivity contribution in [3.8, 4) is 0 Å². The Morgan fingerprint density at radius 1 is 1.24 bits per heavy atom. The van der Waals surface area contributed by atoms with E-state index in [9.17, 15) is 4.79 Å². The molecular weight excluding hydrogens is 212 g/mol. The van der Waals surface area contributed by atoms with E-state index >= 15 is 0 Å². The molecule has 1 saturated heterocycles. The van der Waals surface area contributed by atoms with Crippen molar-refractivity contribution in [2.24, 2.45) is 10.8 Å². The maximum atomic E-state index is 12.4. The van der Waals surface area contributed by atoms with Gasteiger partial charge >= 0.3 is 0 Å². The molecule has 17 heavy (non-hydrogen) atoms. The number of nitrogens with zero attached hydrogens (tertiary/aromatic N) is 1. The van der Waals surface area contributed by atoms with Crippen LogP contribution in [0.5, 0.6) is 0 Å². The minimum Gasteiger partial charge on any atom is -0.337 e. The molecule has 1 unspecified atom stereocenters. The Morgan fingerprint density at radius 3 is 2.18 bits per heavy atom. The van der Waals surface area contributed by atoms with E-state index in [2.05, 4.69) is 51.8 Å². The fourth-order valence-corrected chi connectivity index (χ4v) is 3.46. The first-order valence-corrected chi connectivity index (χ1v) is 6.76. The van der Waals surface area contributed by atoms with Crippen molar-refractivity contribution in [3.05, 3.63) is 0 Å². The predicted octanol–water partition coefficient (Wildman–Crippen LogP) is 2.02. The van der Waals surface area contributed by atoms with Gasteiger partial charge in [-0.15, -0.1) is 0 Å². The summed E-state index contributed by atoms with van der Waals surface area (Å²) >= 11 is 0. The fraction of sp³-hybridized carbons (Fsp3) is 0.929. The molecule has 2 rings (SSSR count). The zero-order valence-corrected chi connectivity index (χ0v) is 12.0. The standard InChI is InChI=1S/C14H26N2O/c1-9(2)15-10-7-8-16(11(10)17)12-13(3,4)14(12,5)6/h9-10,12,15H,7-8H2,1-6H3. The van der Waals surface area contributed by atoms with Crippen LogP contribution < -0.4 is 5.32 Å². The molecule has 1 aliphatic heterocycles. The predicted molar refractivity (Wildman–Crippen MR) is 69.7 cm³/mol. The largest absolute Gasteiger partial charge is 0.337 e. The van der Waals surface area contributed by atoms with Crippen molar-refractivity contribution < 1.29 is 4.79 Å². The molecule has 0 aromatic heterocycles. The first-order chi connectivity index (χ1) is 7.69. The second-order valence-corrected chi connectivity index (χ2v) is 7.04. The van der Waals surface area contributed by atoms with Gasteiger partial charge in [0.1, 0.15) is 0 Å². The van der Waals surface area contributed by atoms with E-state index in [4.69, 9.17) is 0 Å². The van der Waals surface area contributed by atoms with Gasteiger partial charge in [-0.25, -0.2) is 0 Å². The van der Waals surface area contributed by atoms with Crippen LogP contribution in [-0.2, 0) is 4.79 Å². The van der Waals surface area contributed by atoms with Crippen molar-refractivity contribution >= 4 is 5.91 Å². The molecule has 1 amide bonds. The van der Waals surface area contributed by atoms with Gasteiger partial charge < -0.3 is 10.2 Å². The summed E-state index contributed by atoms with van der Waals surface area (Å²) in [6, 6.07) is 0.841. The highest BCUT2D eigenvalue weighted by atomic mass is 16.2. The fourth-order valence-electron chi connectivity index (χ4n) is 3.46. The van der Waals surface area contributed by atoms with Gasteiger partial charge in [0.05, 0.1) is 6.04 Å². The number of hydrogen-bond donors (Lipinski definition) is 1. The topological polar surface area (TPSA) is 32.3 Å². The Bertz CT molecular complexity index is 319. The summed E-state index contributed by atoms with van der Waals surface area (Å²) < 4.78 is 0. The maximum Gasteiger partial charge on any atom is 0.240 e. The average molecular weight is 238 g/mol. The molecule has 0 radical (unpaired) electrons. The van der Waals surface area contributed by atoms with Crippen LogP contribution in [0.25, 0.3) is 0 Å². The van der Waals surface area contributed by atoms with Crippen LogP contribution >= 0.6 is 0 Å². The first kappa shape index (κ1) is 12.9. The number of carbonyl (C=O) groups excluding carboxylic acids is 1. The van der Waals surface area contributed by atoms with Gasteiger partial charge in [-0.2, -0.15) is 0 Å². The number of nitrogens with one attached hydrogen (secondary N) is 1. The van der Waals surface area contributed by atoms with Gasteiger partial charge in [-0.1, -0.05) is 41.5 Å².